The molecule has 6 heteroatoms. The number of rotatable bonds is 9. The van der Waals surface area contributed by atoms with Crippen LogP contribution in [0.3, 0.4) is 0 Å². The van der Waals surface area contributed by atoms with E-state index in [1.165, 1.54) is 13.2 Å². The predicted octanol–water partition coefficient (Wildman–Crippen LogP) is 3.43. The van der Waals surface area contributed by atoms with Crippen LogP contribution in [0.25, 0.3) is 0 Å². The number of nitrogens with one attached hydrogen (secondary N) is 2. The number of amides is 2. The monoisotopic (exact) mass is 404 g/mol. The molecule has 0 aliphatic carbocycles. The highest BCUT2D eigenvalue weighted by molar-refractivity contribution is 6.01. The highest BCUT2D eigenvalue weighted by Gasteiger charge is 2.16. The Morgan fingerprint density at radius 2 is 1.53 bits per heavy atom. The number of ether oxygens (including phenoxy) is 2. The lowest BCUT2D eigenvalue weighted by atomic mass is 10.1. The molecule has 0 aliphatic heterocycles. The number of hydrogen-bond acceptors (Lipinski definition) is 4. The van der Waals surface area contributed by atoms with Crippen molar-refractivity contribution in [1.29, 1.82) is 0 Å². The van der Waals surface area contributed by atoms with Crippen LogP contribution >= 0.6 is 0 Å². The lowest BCUT2D eigenvalue weighted by Crippen LogP contribution is -2.29. The van der Waals surface area contributed by atoms with Crippen molar-refractivity contribution in [3.63, 3.8) is 0 Å². The van der Waals surface area contributed by atoms with E-state index in [0.717, 1.165) is 11.3 Å². The normalized spacial score (nSPS) is 10.2. The molecule has 0 saturated heterocycles. The minimum atomic E-state index is -0.308. The number of carbonyl (C=O) groups is 2. The van der Waals surface area contributed by atoms with E-state index < -0.39 is 0 Å². The Kier molecular flexibility index (Phi) is 7.44. The van der Waals surface area contributed by atoms with Crippen molar-refractivity contribution < 1.29 is 19.1 Å². The van der Waals surface area contributed by atoms with Gasteiger partial charge in [0.15, 0.2) is 0 Å². The molecule has 0 heterocycles. The van der Waals surface area contributed by atoms with Gasteiger partial charge in [-0.05, 0) is 35.9 Å². The average Bonchev–Trinajstić information content (AvgIpc) is 2.81. The van der Waals surface area contributed by atoms with Gasteiger partial charge in [-0.1, -0.05) is 48.5 Å². The molecule has 0 bridgehead atoms. The lowest BCUT2D eigenvalue weighted by molar-refractivity contribution is 0.0947. The SMILES string of the molecule is COc1ccc(C(=O)NCCOc2ccccc2)cc1C(=O)NCc1ccccc1. The Balaban J connectivity index is 1.58. The van der Waals surface area contributed by atoms with Crippen LogP contribution in [0.1, 0.15) is 26.3 Å². The maximum absolute atomic E-state index is 12.6. The highest BCUT2D eigenvalue weighted by atomic mass is 16.5. The fourth-order valence-corrected chi connectivity index (χ4v) is 2.85. The molecule has 154 valence electrons. The summed E-state index contributed by atoms with van der Waals surface area (Å²) in [5, 5.41) is 5.65. The average molecular weight is 404 g/mol. The van der Waals surface area contributed by atoms with Crippen molar-refractivity contribution in [2.45, 2.75) is 6.54 Å². The fourth-order valence-electron chi connectivity index (χ4n) is 2.85. The summed E-state index contributed by atoms with van der Waals surface area (Å²) in [6.07, 6.45) is 0. The van der Waals surface area contributed by atoms with Gasteiger partial charge in [0.25, 0.3) is 11.8 Å². The summed E-state index contributed by atoms with van der Waals surface area (Å²) in [5.74, 6) is 0.558. The molecule has 3 aromatic carbocycles. The van der Waals surface area contributed by atoms with Gasteiger partial charge < -0.3 is 20.1 Å². The molecule has 0 aromatic heterocycles. The predicted molar refractivity (Wildman–Crippen MR) is 115 cm³/mol. The maximum atomic E-state index is 12.6. The van der Waals surface area contributed by atoms with Crippen LogP contribution in [0, 0.1) is 0 Å². The topological polar surface area (TPSA) is 76.7 Å². The molecular weight excluding hydrogens is 380 g/mol. The second-order valence-electron chi connectivity index (χ2n) is 6.50. The summed E-state index contributed by atoms with van der Waals surface area (Å²) in [5.41, 5.74) is 1.67. The zero-order chi connectivity index (χ0) is 21.2. The Hall–Kier alpha value is -3.80. The molecule has 30 heavy (non-hydrogen) atoms. The number of methoxy groups -OCH3 is 1. The first-order valence-electron chi connectivity index (χ1n) is 9.63. The van der Waals surface area contributed by atoms with Gasteiger partial charge >= 0.3 is 0 Å². The Morgan fingerprint density at radius 3 is 2.23 bits per heavy atom. The standard InChI is InChI=1S/C24H24N2O4/c1-29-22-13-12-19(23(27)25-14-15-30-20-10-6-3-7-11-20)16-21(22)24(28)26-17-18-8-4-2-5-9-18/h2-13,16H,14-15,17H2,1H3,(H,25,27)(H,26,28). The van der Waals surface area contributed by atoms with E-state index in [2.05, 4.69) is 10.6 Å². The van der Waals surface area contributed by atoms with E-state index >= 15 is 0 Å². The molecule has 6 nitrogen and oxygen atoms in total. The molecule has 2 N–H and O–H groups in total. The lowest BCUT2D eigenvalue weighted by Gasteiger charge is -2.12. The van der Waals surface area contributed by atoms with Crippen LogP contribution in [0.15, 0.2) is 78.9 Å². The van der Waals surface area contributed by atoms with Crippen LogP contribution in [-0.4, -0.2) is 32.1 Å². The quantitative estimate of drug-likeness (QED) is 0.536. The van der Waals surface area contributed by atoms with Crippen molar-refractivity contribution in [3.8, 4) is 11.5 Å². The van der Waals surface area contributed by atoms with Crippen molar-refractivity contribution >= 4 is 11.8 Å². The first-order valence-corrected chi connectivity index (χ1v) is 9.63. The Labute approximate surface area is 175 Å². The van der Waals surface area contributed by atoms with E-state index in [1.54, 1.807) is 12.1 Å². The van der Waals surface area contributed by atoms with Gasteiger partial charge in [0.1, 0.15) is 18.1 Å². The number of para-hydroxylation sites is 1. The molecule has 0 unspecified atom stereocenters. The fraction of sp³-hybridized carbons (Fsp3) is 0.167. The first kappa shape index (κ1) is 20.9. The minimum Gasteiger partial charge on any atom is -0.496 e. The first-order chi connectivity index (χ1) is 14.7. The second kappa shape index (κ2) is 10.7. The summed E-state index contributed by atoms with van der Waals surface area (Å²) in [7, 11) is 1.49. The zero-order valence-corrected chi connectivity index (χ0v) is 16.8. The van der Waals surface area contributed by atoms with E-state index in [1.807, 2.05) is 60.7 Å². The van der Waals surface area contributed by atoms with Gasteiger partial charge in [-0.2, -0.15) is 0 Å². The van der Waals surface area contributed by atoms with Crippen LogP contribution in [-0.2, 0) is 6.54 Å². The van der Waals surface area contributed by atoms with Gasteiger partial charge in [0, 0.05) is 12.1 Å². The summed E-state index contributed by atoms with van der Waals surface area (Å²) in [6.45, 7) is 1.07. The van der Waals surface area contributed by atoms with Crippen molar-refractivity contribution in [2.24, 2.45) is 0 Å². The smallest absolute Gasteiger partial charge is 0.255 e. The molecule has 0 saturated carbocycles. The number of carbonyl (C=O) groups excluding carboxylic acids is 2. The third-order valence-electron chi connectivity index (χ3n) is 4.40. The van der Waals surface area contributed by atoms with Gasteiger partial charge in [-0.15, -0.1) is 0 Å². The van der Waals surface area contributed by atoms with Crippen molar-refractivity contribution in [3.05, 3.63) is 95.6 Å². The molecular formula is C24H24N2O4. The van der Waals surface area contributed by atoms with Gasteiger partial charge in [0.05, 0.1) is 19.2 Å². The highest BCUT2D eigenvalue weighted by Crippen LogP contribution is 2.20. The van der Waals surface area contributed by atoms with Crippen molar-refractivity contribution in [1.82, 2.24) is 10.6 Å². The van der Waals surface area contributed by atoms with Gasteiger partial charge in [0.2, 0.25) is 0 Å². The van der Waals surface area contributed by atoms with Crippen LogP contribution < -0.4 is 20.1 Å². The molecule has 0 spiro atoms. The third-order valence-corrected chi connectivity index (χ3v) is 4.40. The summed E-state index contributed by atoms with van der Waals surface area (Å²) in [6, 6.07) is 23.8. The summed E-state index contributed by atoms with van der Waals surface area (Å²) < 4.78 is 10.9. The van der Waals surface area contributed by atoms with E-state index in [9.17, 15) is 9.59 Å². The molecule has 3 rings (SSSR count). The largest absolute Gasteiger partial charge is 0.496 e. The molecule has 2 amide bonds. The van der Waals surface area contributed by atoms with Gasteiger partial charge in [-0.3, -0.25) is 9.59 Å². The van der Waals surface area contributed by atoms with Crippen LogP contribution in [0.2, 0.25) is 0 Å². The molecule has 3 aromatic rings. The van der Waals surface area contributed by atoms with E-state index in [0.29, 0.717) is 36.6 Å². The zero-order valence-electron chi connectivity index (χ0n) is 16.8. The van der Waals surface area contributed by atoms with Crippen LogP contribution in [0.4, 0.5) is 0 Å². The second-order valence-corrected chi connectivity index (χ2v) is 6.50. The van der Waals surface area contributed by atoms with E-state index in [-0.39, 0.29) is 11.8 Å². The minimum absolute atomic E-state index is 0.286. The number of benzene rings is 3. The summed E-state index contributed by atoms with van der Waals surface area (Å²) in [4.78, 5) is 25.1. The maximum Gasteiger partial charge on any atom is 0.255 e. The van der Waals surface area contributed by atoms with Gasteiger partial charge in [-0.25, -0.2) is 0 Å². The molecule has 0 radical (unpaired) electrons. The third kappa shape index (κ3) is 5.85. The molecule has 0 aliphatic rings. The van der Waals surface area contributed by atoms with E-state index in [4.69, 9.17) is 9.47 Å². The molecule has 0 fully saturated rings. The molecule has 0 atom stereocenters. The summed E-state index contributed by atoms with van der Waals surface area (Å²) >= 11 is 0. The Morgan fingerprint density at radius 1 is 0.833 bits per heavy atom. The Bertz CT molecular complexity index is 975. The number of hydrogen-bond donors (Lipinski definition) is 2. The van der Waals surface area contributed by atoms with Crippen LogP contribution in [0.5, 0.6) is 11.5 Å². The van der Waals surface area contributed by atoms with Crippen molar-refractivity contribution in [2.75, 3.05) is 20.3 Å².